The molecule has 8 heteroatoms. The van der Waals surface area contributed by atoms with E-state index in [9.17, 15) is 5.11 Å². The van der Waals surface area contributed by atoms with Crippen molar-refractivity contribution in [1.82, 2.24) is 25.7 Å². The fraction of sp³-hybridized carbons (Fsp3) is 0.417. The van der Waals surface area contributed by atoms with E-state index in [1.54, 1.807) is 25.4 Å². The van der Waals surface area contributed by atoms with Crippen molar-refractivity contribution < 1.29 is 9.84 Å². The number of ether oxygens (including phenoxy) is 1. The van der Waals surface area contributed by atoms with E-state index in [0.29, 0.717) is 28.7 Å². The van der Waals surface area contributed by atoms with Crippen LogP contribution in [0.3, 0.4) is 0 Å². The summed E-state index contributed by atoms with van der Waals surface area (Å²) in [5.74, 6) is 1.44. The molecule has 166 valence electrons. The highest BCUT2D eigenvalue weighted by Gasteiger charge is 2.35. The Morgan fingerprint density at radius 3 is 2.66 bits per heavy atom. The molecule has 32 heavy (non-hydrogen) atoms. The van der Waals surface area contributed by atoms with Crippen molar-refractivity contribution in [2.24, 2.45) is 0 Å². The molecule has 1 aliphatic heterocycles. The first kappa shape index (κ1) is 20.6. The number of anilines is 1. The first-order valence-electron chi connectivity index (χ1n) is 11.1. The van der Waals surface area contributed by atoms with Gasteiger partial charge in [0.2, 0.25) is 5.88 Å². The number of nitrogens with zero attached hydrogens (tertiary/aromatic N) is 5. The molecule has 2 aliphatic rings. The number of benzene rings is 1. The highest BCUT2D eigenvalue weighted by Crippen LogP contribution is 2.34. The molecule has 0 bridgehead atoms. The molecule has 1 atom stereocenters. The van der Waals surface area contributed by atoms with E-state index in [0.717, 1.165) is 36.5 Å². The van der Waals surface area contributed by atoms with E-state index < -0.39 is 0 Å². The van der Waals surface area contributed by atoms with Crippen LogP contribution in [0.15, 0.2) is 42.6 Å². The van der Waals surface area contributed by atoms with Crippen LogP contribution in [0.25, 0.3) is 22.4 Å². The van der Waals surface area contributed by atoms with Crippen LogP contribution in [0.2, 0.25) is 0 Å². The number of hydrogen-bond donors (Lipinski definition) is 2. The van der Waals surface area contributed by atoms with Crippen molar-refractivity contribution in [2.45, 2.75) is 44.2 Å². The molecule has 1 aromatic carbocycles. The number of rotatable bonds is 6. The molecule has 0 radical (unpaired) electrons. The first-order chi connectivity index (χ1) is 15.5. The molecule has 3 aromatic rings. The number of aromatic hydroxyl groups is 1. The fourth-order valence-electron chi connectivity index (χ4n) is 4.60. The zero-order valence-electron chi connectivity index (χ0n) is 18.5. The van der Waals surface area contributed by atoms with Gasteiger partial charge in [-0.3, -0.25) is 0 Å². The van der Waals surface area contributed by atoms with Crippen LogP contribution in [-0.2, 0) is 0 Å². The quantitative estimate of drug-likeness (QED) is 0.612. The van der Waals surface area contributed by atoms with Gasteiger partial charge in [0.05, 0.1) is 19.0 Å². The van der Waals surface area contributed by atoms with E-state index in [-0.39, 0.29) is 5.75 Å². The zero-order valence-corrected chi connectivity index (χ0v) is 18.5. The van der Waals surface area contributed by atoms with Crippen molar-refractivity contribution in [3.05, 3.63) is 42.6 Å². The Morgan fingerprint density at radius 1 is 1.09 bits per heavy atom. The van der Waals surface area contributed by atoms with Gasteiger partial charge in [0.1, 0.15) is 5.75 Å². The summed E-state index contributed by atoms with van der Waals surface area (Å²) in [7, 11) is 1.55. The lowest BCUT2D eigenvalue weighted by molar-refractivity contribution is 0.189. The molecule has 5 rings (SSSR count). The molecule has 1 saturated heterocycles. The van der Waals surface area contributed by atoms with Crippen LogP contribution in [0.1, 0.15) is 32.6 Å². The molecule has 2 fully saturated rings. The molecular weight excluding hydrogens is 404 g/mol. The predicted molar refractivity (Wildman–Crippen MR) is 123 cm³/mol. The molecule has 0 spiro atoms. The van der Waals surface area contributed by atoms with Crippen molar-refractivity contribution in [2.75, 3.05) is 25.1 Å². The number of aromatic nitrogens is 4. The minimum Gasteiger partial charge on any atom is -0.507 e. The normalized spacial score (nSPS) is 19.6. The fourth-order valence-corrected chi connectivity index (χ4v) is 4.60. The van der Waals surface area contributed by atoms with E-state index in [4.69, 9.17) is 4.74 Å². The average molecular weight is 433 g/mol. The lowest BCUT2D eigenvalue weighted by Gasteiger charge is -2.41. The van der Waals surface area contributed by atoms with Crippen LogP contribution in [0.5, 0.6) is 11.6 Å². The smallest absolute Gasteiger partial charge is 0.233 e. The van der Waals surface area contributed by atoms with Gasteiger partial charge >= 0.3 is 0 Å². The Balaban J connectivity index is 1.29. The second-order valence-corrected chi connectivity index (χ2v) is 8.99. The minimum absolute atomic E-state index is 0.138. The molecule has 2 aromatic heterocycles. The summed E-state index contributed by atoms with van der Waals surface area (Å²) >= 11 is 0. The summed E-state index contributed by atoms with van der Waals surface area (Å²) in [6.07, 6.45) is 6.62. The van der Waals surface area contributed by atoms with Crippen molar-refractivity contribution in [3.8, 4) is 34.0 Å². The maximum atomic E-state index is 10.6. The van der Waals surface area contributed by atoms with Gasteiger partial charge in [-0.15, -0.1) is 15.3 Å². The van der Waals surface area contributed by atoms with Gasteiger partial charge in [0.15, 0.2) is 5.82 Å². The molecule has 8 nitrogen and oxygen atoms in total. The van der Waals surface area contributed by atoms with Gasteiger partial charge in [0, 0.05) is 41.9 Å². The van der Waals surface area contributed by atoms with Crippen LogP contribution in [-0.4, -0.2) is 57.3 Å². The molecule has 1 aliphatic carbocycles. The SMILES string of the molecule is COc1cc(-c2ccc(-c3ccc(N4CC[C@@H](NC5(C)CCC5)C4)nn3)c(O)c2)cnn1. The van der Waals surface area contributed by atoms with E-state index in [1.165, 1.54) is 19.3 Å². The Labute approximate surface area is 187 Å². The number of nitrogens with one attached hydrogen (secondary N) is 1. The average Bonchev–Trinajstić information content (AvgIpc) is 3.26. The Hall–Kier alpha value is -3.26. The van der Waals surface area contributed by atoms with Crippen LogP contribution < -0.4 is 15.0 Å². The van der Waals surface area contributed by atoms with Crippen molar-refractivity contribution >= 4 is 5.82 Å². The highest BCUT2D eigenvalue weighted by atomic mass is 16.5. The highest BCUT2D eigenvalue weighted by molar-refractivity contribution is 5.74. The summed E-state index contributed by atoms with van der Waals surface area (Å²) in [6.45, 7) is 4.26. The van der Waals surface area contributed by atoms with Gasteiger partial charge in [-0.25, -0.2) is 0 Å². The summed E-state index contributed by atoms with van der Waals surface area (Å²) < 4.78 is 5.13. The second kappa shape index (κ2) is 8.35. The summed E-state index contributed by atoms with van der Waals surface area (Å²) in [5, 5.41) is 31.1. The molecule has 0 amide bonds. The summed E-state index contributed by atoms with van der Waals surface area (Å²) in [4.78, 5) is 2.28. The molecule has 2 N–H and O–H groups in total. The lowest BCUT2D eigenvalue weighted by atomic mass is 9.78. The summed E-state index contributed by atoms with van der Waals surface area (Å²) in [6, 6.07) is 11.6. The minimum atomic E-state index is 0.138. The maximum absolute atomic E-state index is 10.6. The lowest BCUT2D eigenvalue weighted by Crippen LogP contribution is -2.53. The number of phenolic OH excluding ortho intramolecular Hbond substituents is 1. The summed E-state index contributed by atoms with van der Waals surface area (Å²) in [5.41, 5.74) is 3.23. The Bertz CT molecular complexity index is 1100. The van der Waals surface area contributed by atoms with E-state index >= 15 is 0 Å². The monoisotopic (exact) mass is 432 g/mol. The zero-order chi connectivity index (χ0) is 22.1. The standard InChI is InChI=1S/C24H28N6O2/c1-24(9-3-10-24)26-18-8-11-30(15-18)22-7-6-20(27-28-22)19-5-4-16(12-21(19)31)17-13-23(32-2)29-25-14-17/h4-7,12-14,18,26,31H,3,8-11,15H2,1-2H3/t18-/m1/s1. The largest absolute Gasteiger partial charge is 0.507 e. The van der Waals surface area contributed by atoms with Gasteiger partial charge < -0.3 is 20.1 Å². The third-order valence-corrected chi connectivity index (χ3v) is 6.62. The topological polar surface area (TPSA) is 96.3 Å². The van der Waals surface area contributed by atoms with E-state index in [1.807, 2.05) is 24.3 Å². The third-order valence-electron chi connectivity index (χ3n) is 6.62. The Kier molecular flexibility index (Phi) is 5.38. The second-order valence-electron chi connectivity index (χ2n) is 8.99. The molecule has 1 saturated carbocycles. The van der Waals surface area contributed by atoms with Gasteiger partial charge in [-0.2, -0.15) is 5.10 Å². The third kappa shape index (κ3) is 4.10. The van der Waals surface area contributed by atoms with Crippen molar-refractivity contribution in [1.29, 1.82) is 0 Å². The molecule has 0 unspecified atom stereocenters. The Morgan fingerprint density at radius 2 is 1.97 bits per heavy atom. The van der Waals surface area contributed by atoms with Crippen LogP contribution in [0.4, 0.5) is 5.82 Å². The number of methoxy groups -OCH3 is 1. The number of phenols is 1. The molecular formula is C24H28N6O2. The van der Waals surface area contributed by atoms with E-state index in [2.05, 4.69) is 37.5 Å². The van der Waals surface area contributed by atoms with Crippen molar-refractivity contribution in [3.63, 3.8) is 0 Å². The van der Waals surface area contributed by atoms with Gasteiger partial charge in [0.25, 0.3) is 0 Å². The molecule has 3 heterocycles. The van der Waals surface area contributed by atoms with Gasteiger partial charge in [-0.1, -0.05) is 6.07 Å². The van der Waals surface area contributed by atoms with Crippen LogP contribution >= 0.6 is 0 Å². The maximum Gasteiger partial charge on any atom is 0.233 e. The number of hydrogen-bond acceptors (Lipinski definition) is 8. The predicted octanol–water partition coefficient (Wildman–Crippen LogP) is 3.43. The van der Waals surface area contributed by atoms with Gasteiger partial charge in [-0.05, 0) is 62.4 Å². The van der Waals surface area contributed by atoms with Crippen LogP contribution in [0, 0.1) is 0 Å². The first-order valence-corrected chi connectivity index (χ1v) is 11.1.